The van der Waals surface area contributed by atoms with Gasteiger partial charge in [0.15, 0.2) is 0 Å². The lowest BCUT2D eigenvalue weighted by Crippen LogP contribution is -2.26. The van der Waals surface area contributed by atoms with E-state index in [1.54, 1.807) is 11.9 Å². The lowest BCUT2D eigenvalue weighted by Gasteiger charge is -2.18. The molecule has 0 aliphatic rings. The van der Waals surface area contributed by atoms with Crippen molar-refractivity contribution in [1.82, 2.24) is 0 Å². The van der Waals surface area contributed by atoms with Crippen molar-refractivity contribution < 1.29 is 4.79 Å². The van der Waals surface area contributed by atoms with Gasteiger partial charge in [-0.1, -0.05) is 41.1 Å². The van der Waals surface area contributed by atoms with Gasteiger partial charge >= 0.3 is 0 Å². The molecular weight excluding hydrogens is 302 g/mol. The van der Waals surface area contributed by atoms with Crippen molar-refractivity contribution in [2.24, 2.45) is 0 Å². The molecule has 19 heavy (non-hydrogen) atoms. The maximum Gasteiger partial charge on any atom is 0.258 e. The third kappa shape index (κ3) is 3.24. The largest absolute Gasteiger partial charge is 0.311 e. The normalized spacial score (nSPS) is 10.3. The quantitative estimate of drug-likeness (QED) is 0.827. The molecule has 1 amide bonds. The van der Waals surface area contributed by atoms with Crippen LogP contribution in [0.3, 0.4) is 0 Å². The van der Waals surface area contributed by atoms with Gasteiger partial charge in [-0.3, -0.25) is 4.79 Å². The number of nitrogens with zero attached hydrogens (tertiary/aromatic N) is 1. The van der Waals surface area contributed by atoms with Crippen molar-refractivity contribution in [2.75, 3.05) is 11.9 Å². The number of hydrogen-bond acceptors (Lipinski definition) is 1. The molecule has 0 aliphatic heterocycles. The minimum Gasteiger partial charge on any atom is -0.311 e. The SMILES string of the molecule is CCc1ccc(N(C)C(=O)c2cccc(Br)c2)cc1. The summed E-state index contributed by atoms with van der Waals surface area (Å²) in [5.74, 6) is -0.00875. The first-order valence-corrected chi connectivity index (χ1v) is 7.03. The summed E-state index contributed by atoms with van der Waals surface area (Å²) in [6, 6.07) is 15.5. The van der Waals surface area contributed by atoms with Gasteiger partial charge < -0.3 is 4.90 Å². The van der Waals surface area contributed by atoms with Gasteiger partial charge in [-0.2, -0.15) is 0 Å². The average Bonchev–Trinajstić information content (AvgIpc) is 2.46. The third-order valence-electron chi connectivity index (χ3n) is 3.11. The molecule has 0 saturated heterocycles. The third-order valence-corrected chi connectivity index (χ3v) is 3.60. The minimum absolute atomic E-state index is 0.00875. The van der Waals surface area contributed by atoms with Gasteiger partial charge in [0.05, 0.1) is 0 Å². The van der Waals surface area contributed by atoms with Gasteiger partial charge in [0.2, 0.25) is 0 Å². The number of anilines is 1. The molecule has 0 unspecified atom stereocenters. The van der Waals surface area contributed by atoms with Crippen LogP contribution in [0, 0.1) is 0 Å². The second-order valence-electron chi connectivity index (χ2n) is 4.39. The maximum atomic E-state index is 12.4. The summed E-state index contributed by atoms with van der Waals surface area (Å²) < 4.78 is 0.910. The monoisotopic (exact) mass is 317 g/mol. The Kier molecular flexibility index (Phi) is 4.38. The number of benzene rings is 2. The fourth-order valence-electron chi connectivity index (χ4n) is 1.89. The smallest absolute Gasteiger partial charge is 0.258 e. The van der Waals surface area contributed by atoms with E-state index in [4.69, 9.17) is 0 Å². The number of halogens is 1. The van der Waals surface area contributed by atoms with Crippen molar-refractivity contribution in [1.29, 1.82) is 0 Å². The second-order valence-corrected chi connectivity index (χ2v) is 5.31. The zero-order chi connectivity index (χ0) is 13.8. The Balaban J connectivity index is 2.23. The molecule has 2 aromatic carbocycles. The van der Waals surface area contributed by atoms with Crippen LogP contribution >= 0.6 is 15.9 Å². The molecule has 0 aromatic heterocycles. The van der Waals surface area contributed by atoms with Gasteiger partial charge in [0.25, 0.3) is 5.91 Å². The highest BCUT2D eigenvalue weighted by atomic mass is 79.9. The van der Waals surface area contributed by atoms with Crippen molar-refractivity contribution in [3.8, 4) is 0 Å². The fourth-order valence-corrected chi connectivity index (χ4v) is 2.29. The van der Waals surface area contributed by atoms with Gasteiger partial charge in [0, 0.05) is 22.8 Å². The number of hydrogen-bond donors (Lipinski definition) is 0. The van der Waals surface area contributed by atoms with Crippen LogP contribution in [-0.4, -0.2) is 13.0 Å². The lowest BCUT2D eigenvalue weighted by atomic mass is 10.1. The summed E-state index contributed by atoms with van der Waals surface area (Å²) >= 11 is 3.38. The van der Waals surface area contributed by atoms with Crippen LogP contribution in [-0.2, 0) is 6.42 Å². The van der Waals surface area contributed by atoms with Crippen LogP contribution in [0.25, 0.3) is 0 Å². The fraction of sp³-hybridized carbons (Fsp3) is 0.188. The molecule has 3 heteroatoms. The highest BCUT2D eigenvalue weighted by Crippen LogP contribution is 2.18. The molecule has 0 N–H and O–H groups in total. The highest BCUT2D eigenvalue weighted by Gasteiger charge is 2.13. The molecule has 0 spiro atoms. The van der Waals surface area contributed by atoms with E-state index < -0.39 is 0 Å². The molecule has 0 bridgehead atoms. The number of amides is 1. The summed E-state index contributed by atoms with van der Waals surface area (Å²) in [7, 11) is 1.80. The van der Waals surface area contributed by atoms with Crippen LogP contribution in [0.5, 0.6) is 0 Å². The van der Waals surface area contributed by atoms with E-state index >= 15 is 0 Å². The Bertz CT molecular complexity index is 578. The number of carbonyl (C=O) groups excluding carboxylic acids is 1. The molecule has 0 atom stereocenters. The molecule has 0 saturated carbocycles. The molecule has 0 fully saturated rings. The first-order valence-electron chi connectivity index (χ1n) is 6.24. The van der Waals surface area contributed by atoms with Crippen LogP contribution in [0.2, 0.25) is 0 Å². The van der Waals surface area contributed by atoms with E-state index in [0.29, 0.717) is 5.56 Å². The zero-order valence-corrected chi connectivity index (χ0v) is 12.6. The molecule has 2 aromatic rings. The van der Waals surface area contributed by atoms with Crippen LogP contribution in [0.1, 0.15) is 22.8 Å². The van der Waals surface area contributed by atoms with Gasteiger partial charge in [-0.15, -0.1) is 0 Å². The second kappa shape index (κ2) is 6.02. The van der Waals surface area contributed by atoms with E-state index in [0.717, 1.165) is 16.6 Å². The van der Waals surface area contributed by atoms with Gasteiger partial charge in [-0.25, -0.2) is 0 Å². The molecular formula is C16H16BrNO. The topological polar surface area (TPSA) is 20.3 Å². The molecule has 98 valence electrons. The zero-order valence-electron chi connectivity index (χ0n) is 11.1. The molecule has 0 radical (unpaired) electrons. The predicted octanol–water partition coefficient (Wildman–Crippen LogP) is 4.29. The van der Waals surface area contributed by atoms with Crippen molar-refractivity contribution >= 4 is 27.5 Å². The summed E-state index contributed by atoms with van der Waals surface area (Å²) in [5.41, 5.74) is 2.85. The van der Waals surface area contributed by atoms with Gasteiger partial charge in [-0.05, 0) is 42.3 Å². The Morgan fingerprint density at radius 3 is 2.42 bits per heavy atom. The molecule has 0 aliphatic carbocycles. The lowest BCUT2D eigenvalue weighted by molar-refractivity contribution is 0.0993. The summed E-state index contributed by atoms with van der Waals surface area (Å²) in [6.45, 7) is 2.12. The van der Waals surface area contributed by atoms with Crippen molar-refractivity contribution in [2.45, 2.75) is 13.3 Å². The van der Waals surface area contributed by atoms with E-state index in [-0.39, 0.29) is 5.91 Å². The Labute approximate surface area is 122 Å². The van der Waals surface area contributed by atoms with E-state index in [1.807, 2.05) is 36.4 Å². The number of aryl methyl sites for hydroxylation is 1. The average molecular weight is 318 g/mol. The molecule has 2 nitrogen and oxygen atoms in total. The van der Waals surface area contributed by atoms with Crippen LogP contribution in [0.15, 0.2) is 53.0 Å². The first-order chi connectivity index (χ1) is 9.11. The number of carbonyl (C=O) groups is 1. The van der Waals surface area contributed by atoms with Crippen LogP contribution < -0.4 is 4.90 Å². The molecule has 0 heterocycles. The van der Waals surface area contributed by atoms with E-state index in [2.05, 4.69) is 35.0 Å². The summed E-state index contributed by atoms with van der Waals surface area (Å²) in [5, 5.41) is 0. The minimum atomic E-state index is -0.00875. The van der Waals surface area contributed by atoms with E-state index in [1.165, 1.54) is 5.56 Å². The molecule has 2 rings (SSSR count). The maximum absolute atomic E-state index is 12.4. The van der Waals surface area contributed by atoms with Gasteiger partial charge in [0.1, 0.15) is 0 Å². The number of rotatable bonds is 3. The highest BCUT2D eigenvalue weighted by molar-refractivity contribution is 9.10. The Morgan fingerprint density at radius 1 is 1.16 bits per heavy atom. The van der Waals surface area contributed by atoms with E-state index in [9.17, 15) is 4.79 Å². The first kappa shape index (κ1) is 13.8. The summed E-state index contributed by atoms with van der Waals surface area (Å²) in [6.07, 6.45) is 1.00. The van der Waals surface area contributed by atoms with Crippen LogP contribution in [0.4, 0.5) is 5.69 Å². The van der Waals surface area contributed by atoms with Crippen molar-refractivity contribution in [3.05, 3.63) is 64.1 Å². The van der Waals surface area contributed by atoms with Crippen molar-refractivity contribution in [3.63, 3.8) is 0 Å². The predicted molar refractivity (Wildman–Crippen MR) is 82.7 cm³/mol. The Morgan fingerprint density at radius 2 is 1.84 bits per heavy atom. The summed E-state index contributed by atoms with van der Waals surface area (Å²) in [4.78, 5) is 14.0. The Hall–Kier alpha value is -1.61. The standard InChI is InChI=1S/C16H16BrNO/c1-3-12-7-9-15(10-8-12)18(2)16(19)13-5-4-6-14(17)11-13/h4-11H,3H2,1-2H3.